The Labute approximate surface area is 101 Å². The summed E-state index contributed by atoms with van der Waals surface area (Å²) < 4.78 is 0. The van der Waals surface area contributed by atoms with Crippen LogP contribution in [0.2, 0.25) is 0 Å². The highest BCUT2D eigenvalue weighted by atomic mass is 14.3. The summed E-state index contributed by atoms with van der Waals surface area (Å²) >= 11 is 0. The second-order valence-corrected chi connectivity index (χ2v) is 6.62. The lowest BCUT2D eigenvalue weighted by molar-refractivity contribution is 0.238. The van der Waals surface area contributed by atoms with Crippen molar-refractivity contribution in [3.8, 4) is 0 Å². The van der Waals surface area contributed by atoms with Gasteiger partial charge in [-0.3, -0.25) is 0 Å². The molecule has 2 aliphatic rings. The van der Waals surface area contributed by atoms with E-state index < -0.39 is 0 Å². The third-order valence-corrected chi connectivity index (χ3v) is 4.36. The van der Waals surface area contributed by atoms with Crippen molar-refractivity contribution in [2.45, 2.75) is 52.9 Å². The van der Waals surface area contributed by atoms with Crippen LogP contribution in [0.15, 0.2) is 24.3 Å². The van der Waals surface area contributed by atoms with E-state index in [0.717, 1.165) is 17.8 Å². The lowest BCUT2D eigenvalue weighted by Gasteiger charge is -2.35. The molecule has 0 aliphatic heterocycles. The summed E-state index contributed by atoms with van der Waals surface area (Å²) in [6.45, 7) is 7.09. The maximum Gasteiger partial charge on any atom is -0.0170 e. The zero-order valence-electron chi connectivity index (χ0n) is 11.1. The molecule has 0 N–H and O–H groups in total. The van der Waals surface area contributed by atoms with Crippen LogP contribution in [0.3, 0.4) is 0 Å². The van der Waals surface area contributed by atoms with Gasteiger partial charge < -0.3 is 0 Å². The van der Waals surface area contributed by atoms with Crippen LogP contribution in [0.25, 0.3) is 0 Å². The summed E-state index contributed by atoms with van der Waals surface area (Å²) in [7, 11) is 0. The Kier molecular flexibility index (Phi) is 3.56. The Balaban J connectivity index is 1.97. The topological polar surface area (TPSA) is 0 Å². The maximum absolute atomic E-state index is 2.51. The first-order valence-corrected chi connectivity index (χ1v) is 6.92. The van der Waals surface area contributed by atoms with Crippen LogP contribution < -0.4 is 0 Å². The van der Waals surface area contributed by atoms with E-state index in [1.54, 1.807) is 0 Å². The molecule has 0 aromatic rings. The summed E-state index contributed by atoms with van der Waals surface area (Å²) in [4.78, 5) is 0. The number of hydrogen-bond donors (Lipinski definition) is 0. The van der Waals surface area contributed by atoms with E-state index in [4.69, 9.17) is 0 Å². The van der Waals surface area contributed by atoms with Crippen LogP contribution in [0, 0.1) is 23.2 Å². The highest BCUT2D eigenvalue weighted by Gasteiger charge is 2.28. The minimum Gasteiger partial charge on any atom is -0.0882 e. The van der Waals surface area contributed by atoms with Crippen LogP contribution >= 0.6 is 0 Å². The molecule has 2 aliphatic carbocycles. The average molecular weight is 218 g/mol. The summed E-state index contributed by atoms with van der Waals surface area (Å²) in [5, 5.41) is 0. The molecule has 0 heteroatoms. The molecule has 0 amide bonds. The van der Waals surface area contributed by atoms with Gasteiger partial charge in [0.1, 0.15) is 0 Å². The van der Waals surface area contributed by atoms with Crippen LogP contribution in [-0.2, 0) is 0 Å². The van der Waals surface area contributed by atoms with Crippen LogP contribution in [0.5, 0.6) is 0 Å². The monoisotopic (exact) mass is 218 g/mol. The third-order valence-electron chi connectivity index (χ3n) is 4.36. The third kappa shape index (κ3) is 2.78. The van der Waals surface area contributed by atoms with Crippen molar-refractivity contribution in [2.24, 2.45) is 23.2 Å². The van der Waals surface area contributed by atoms with Gasteiger partial charge in [-0.1, -0.05) is 45.1 Å². The molecule has 0 radical (unpaired) electrons. The molecular weight excluding hydrogens is 192 g/mol. The second kappa shape index (κ2) is 4.77. The summed E-state index contributed by atoms with van der Waals surface area (Å²) in [6.07, 6.45) is 16.8. The van der Waals surface area contributed by atoms with E-state index in [1.165, 1.54) is 32.1 Å². The predicted molar refractivity (Wildman–Crippen MR) is 71.3 cm³/mol. The van der Waals surface area contributed by atoms with Gasteiger partial charge in [0.15, 0.2) is 0 Å². The summed E-state index contributed by atoms with van der Waals surface area (Å²) in [5.74, 6) is 2.46. The van der Waals surface area contributed by atoms with Gasteiger partial charge in [0, 0.05) is 0 Å². The molecule has 3 atom stereocenters. The number of hydrogen-bond acceptors (Lipinski definition) is 0. The molecule has 0 saturated heterocycles. The Hall–Kier alpha value is -0.520. The van der Waals surface area contributed by atoms with E-state index in [9.17, 15) is 0 Å². The van der Waals surface area contributed by atoms with Crippen molar-refractivity contribution < 1.29 is 0 Å². The Morgan fingerprint density at radius 2 is 1.62 bits per heavy atom. The van der Waals surface area contributed by atoms with Crippen molar-refractivity contribution >= 4 is 0 Å². The highest BCUT2D eigenvalue weighted by Crippen LogP contribution is 2.39. The van der Waals surface area contributed by atoms with Gasteiger partial charge in [-0.05, 0) is 55.3 Å². The van der Waals surface area contributed by atoms with Crippen molar-refractivity contribution in [1.82, 2.24) is 0 Å². The summed E-state index contributed by atoms with van der Waals surface area (Å²) in [6, 6.07) is 0. The molecule has 0 aromatic carbocycles. The zero-order chi connectivity index (χ0) is 11.6. The van der Waals surface area contributed by atoms with Crippen molar-refractivity contribution in [2.75, 3.05) is 0 Å². The quantitative estimate of drug-likeness (QED) is 0.545. The molecule has 0 heterocycles. The molecule has 16 heavy (non-hydrogen) atoms. The van der Waals surface area contributed by atoms with E-state index in [-0.39, 0.29) is 0 Å². The summed E-state index contributed by atoms with van der Waals surface area (Å²) in [5.41, 5.74) is 0.448. The molecule has 0 saturated carbocycles. The van der Waals surface area contributed by atoms with Crippen LogP contribution in [0.4, 0.5) is 0 Å². The maximum atomic E-state index is 2.51. The normalized spacial score (nSPS) is 35.3. The Bertz CT molecular complexity index is 277. The second-order valence-electron chi connectivity index (χ2n) is 6.62. The van der Waals surface area contributed by atoms with E-state index in [2.05, 4.69) is 45.1 Å². The number of allylic oxidation sites excluding steroid dienone is 4. The largest absolute Gasteiger partial charge is 0.0882 e. The van der Waals surface area contributed by atoms with Gasteiger partial charge in [0.2, 0.25) is 0 Å². The fraction of sp³-hybridized carbons (Fsp3) is 0.750. The van der Waals surface area contributed by atoms with Gasteiger partial charge in [-0.25, -0.2) is 0 Å². The van der Waals surface area contributed by atoms with Crippen LogP contribution in [-0.4, -0.2) is 0 Å². The lowest BCUT2D eigenvalue weighted by atomic mass is 9.70. The first-order chi connectivity index (χ1) is 7.57. The Morgan fingerprint density at radius 3 is 2.12 bits per heavy atom. The lowest BCUT2D eigenvalue weighted by Crippen LogP contribution is -2.24. The molecular formula is C16H26. The SMILES string of the molecule is CC(C)(C)C1C=CC(C2C=CCCC2)CC1. The molecule has 0 bridgehead atoms. The van der Waals surface area contributed by atoms with E-state index in [1.807, 2.05) is 0 Å². The zero-order valence-corrected chi connectivity index (χ0v) is 11.1. The van der Waals surface area contributed by atoms with E-state index >= 15 is 0 Å². The van der Waals surface area contributed by atoms with Crippen LogP contribution in [0.1, 0.15) is 52.9 Å². The van der Waals surface area contributed by atoms with Crippen molar-refractivity contribution in [3.63, 3.8) is 0 Å². The van der Waals surface area contributed by atoms with Gasteiger partial charge in [0.05, 0.1) is 0 Å². The van der Waals surface area contributed by atoms with Gasteiger partial charge in [-0.2, -0.15) is 0 Å². The first kappa shape index (κ1) is 12.0. The standard InChI is InChI=1S/C16H26/c1-16(2,3)15-11-9-14(10-12-15)13-7-5-4-6-8-13/h5,7,9,11,13-15H,4,6,8,10,12H2,1-3H3. The van der Waals surface area contributed by atoms with E-state index in [0.29, 0.717) is 5.41 Å². The van der Waals surface area contributed by atoms with Crippen molar-refractivity contribution in [1.29, 1.82) is 0 Å². The fourth-order valence-electron chi connectivity index (χ4n) is 3.12. The highest BCUT2D eigenvalue weighted by molar-refractivity contribution is 5.07. The minimum absolute atomic E-state index is 0.448. The molecule has 0 aromatic heterocycles. The van der Waals surface area contributed by atoms with Gasteiger partial charge in [-0.15, -0.1) is 0 Å². The van der Waals surface area contributed by atoms with Gasteiger partial charge in [0.25, 0.3) is 0 Å². The Morgan fingerprint density at radius 1 is 0.875 bits per heavy atom. The predicted octanol–water partition coefficient (Wildman–Crippen LogP) is 4.97. The fourth-order valence-corrected chi connectivity index (χ4v) is 3.12. The smallest absolute Gasteiger partial charge is 0.0170 e. The molecule has 3 unspecified atom stereocenters. The molecule has 0 spiro atoms. The number of rotatable bonds is 1. The first-order valence-electron chi connectivity index (χ1n) is 6.92. The van der Waals surface area contributed by atoms with Crippen molar-refractivity contribution in [3.05, 3.63) is 24.3 Å². The minimum atomic E-state index is 0.448. The molecule has 2 rings (SSSR count). The molecule has 90 valence electrons. The average Bonchev–Trinajstić information content (AvgIpc) is 2.29. The molecule has 0 nitrogen and oxygen atoms in total. The molecule has 0 fully saturated rings. The van der Waals surface area contributed by atoms with Gasteiger partial charge >= 0.3 is 0 Å².